The van der Waals surface area contributed by atoms with Crippen LogP contribution in [-0.4, -0.2) is 0 Å². The smallest absolute Gasteiger partial charge is 0.0297 e. The number of aryl methyl sites for hydroxylation is 1. The van der Waals surface area contributed by atoms with Crippen molar-refractivity contribution in [1.82, 2.24) is 5.32 Å². The first-order valence-corrected chi connectivity index (χ1v) is 7.90. The van der Waals surface area contributed by atoms with E-state index in [2.05, 4.69) is 88.5 Å². The van der Waals surface area contributed by atoms with Gasteiger partial charge in [-0.25, -0.2) is 0 Å². The number of hydrogen-bond donors (Lipinski definition) is 1. The minimum atomic E-state index is 0.350. The standard InChI is InChI=1S/C20H27N/c1-14(2)18-10-12-20(13-11-18)17(5)21-16(4)19-8-6-15(3)7-9-19/h6-14,16-17,21H,1-5H3. The van der Waals surface area contributed by atoms with E-state index in [1.807, 2.05) is 0 Å². The van der Waals surface area contributed by atoms with Crippen LogP contribution < -0.4 is 5.32 Å². The van der Waals surface area contributed by atoms with Crippen molar-refractivity contribution in [2.45, 2.75) is 52.6 Å². The normalized spacial score (nSPS) is 14.2. The summed E-state index contributed by atoms with van der Waals surface area (Å²) >= 11 is 0. The molecule has 112 valence electrons. The predicted molar refractivity (Wildman–Crippen MR) is 91.7 cm³/mol. The second kappa shape index (κ2) is 6.91. The SMILES string of the molecule is Cc1ccc(C(C)NC(C)c2ccc(C(C)C)cc2)cc1. The Labute approximate surface area is 129 Å². The molecule has 0 aliphatic rings. The summed E-state index contributed by atoms with van der Waals surface area (Å²) in [6.45, 7) is 11.0. The third-order valence-electron chi connectivity index (χ3n) is 4.18. The summed E-state index contributed by atoms with van der Waals surface area (Å²) in [6, 6.07) is 18.5. The van der Waals surface area contributed by atoms with Gasteiger partial charge in [-0.2, -0.15) is 0 Å². The van der Waals surface area contributed by atoms with Crippen molar-refractivity contribution in [3.63, 3.8) is 0 Å². The van der Waals surface area contributed by atoms with Gasteiger partial charge < -0.3 is 5.32 Å². The van der Waals surface area contributed by atoms with Gasteiger partial charge in [-0.1, -0.05) is 67.9 Å². The average molecular weight is 281 g/mol. The van der Waals surface area contributed by atoms with E-state index in [4.69, 9.17) is 0 Å². The van der Waals surface area contributed by atoms with Gasteiger partial charge in [0, 0.05) is 12.1 Å². The molecule has 1 nitrogen and oxygen atoms in total. The highest BCUT2D eigenvalue weighted by Gasteiger charge is 2.11. The van der Waals surface area contributed by atoms with Crippen molar-refractivity contribution in [3.8, 4) is 0 Å². The Hall–Kier alpha value is -1.60. The molecule has 0 saturated carbocycles. The monoisotopic (exact) mass is 281 g/mol. The van der Waals surface area contributed by atoms with Gasteiger partial charge in [-0.05, 0) is 43.4 Å². The zero-order chi connectivity index (χ0) is 15.4. The molecule has 0 radical (unpaired) electrons. The first-order valence-electron chi connectivity index (χ1n) is 7.90. The van der Waals surface area contributed by atoms with E-state index >= 15 is 0 Å². The second-order valence-corrected chi connectivity index (χ2v) is 6.34. The van der Waals surface area contributed by atoms with E-state index in [-0.39, 0.29) is 0 Å². The topological polar surface area (TPSA) is 12.0 Å². The fraction of sp³-hybridized carbons (Fsp3) is 0.400. The zero-order valence-electron chi connectivity index (χ0n) is 13.9. The Morgan fingerprint density at radius 2 is 1.00 bits per heavy atom. The lowest BCUT2D eigenvalue weighted by atomic mass is 9.98. The first kappa shape index (κ1) is 15.8. The Morgan fingerprint density at radius 3 is 1.43 bits per heavy atom. The minimum absolute atomic E-state index is 0.350. The molecule has 0 aromatic heterocycles. The molecule has 2 atom stereocenters. The average Bonchev–Trinajstić information content (AvgIpc) is 2.47. The number of rotatable bonds is 5. The van der Waals surface area contributed by atoms with E-state index in [1.54, 1.807) is 0 Å². The van der Waals surface area contributed by atoms with Gasteiger partial charge in [-0.15, -0.1) is 0 Å². The van der Waals surface area contributed by atoms with Crippen LogP contribution in [0.2, 0.25) is 0 Å². The maximum atomic E-state index is 3.68. The van der Waals surface area contributed by atoms with Crippen molar-refractivity contribution >= 4 is 0 Å². The van der Waals surface area contributed by atoms with Gasteiger partial charge in [0.2, 0.25) is 0 Å². The first-order chi connectivity index (χ1) is 9.97. The Kier molecular flexibility index (Phi) is 5.19. The van der Waals surface area contributed by atoms with Crippen LogP contribution in [0.1, 0.15) is 68.0 Å². The van der Waals surface area contributed by atoms with Gasteiger partial charge in [0.15, 0.2) is 0 Å². The van der Waals surface area contributed by atoms with E-state index in [0.717, 1.165) is 0 Å². The lowest BCUT2D eigenvalue weighted by Gasteiger charge is -2.21. The van der Waals surface area contributed by atoms with Gasteiger partial charge in [0.05, 0.1) is 0 Å². The van der Waals surface area contributed by atoms with Crippen molar-refractivity contribution < 1.29 is 0 Å². The highest BCUT2D eigenvalue weighted by Crippen LogP contribution is 2.22. The fourth-order valence-corrected chi connectivity index (χ4v) is 2.59. The summed E-state index contributed by atoms with van der Waals surface area (Å²) in [5.74, 6) is 0.591. The molecule has 1 heteroatoms. The van der Waals surface area contributed by atoms with Gasteiger partial charge in [-0.3, -0.25) is 0 Å². The fourth-order valence-electron chi connectivity index (χ4n) is 2.59. The number of benzene rings is 2. The summed E-state index contributed by atoms with van der Waals surface area (Å²) in [4.78, 5) is 0. The molecule has 2 aromatic carbocycles. The molecule has 2 rings (SSSR count). The predicted octanol–water partition coefficient (Wildman–Crippen LogP) is 5.53. The van der Waals surface area contributed by atoms with Crippen molar-refractivity contribution in [2.75, 3.05) is 0 Å². The van der Waals surface area contributed by atoms with Crippen molar-refractivity contribution in [1.29, 1.82) is 0 Å². The van der Waals surface area contributed by atoms with Crippen LogP contribution >= 0.6 is 0 Å². The number of nitrogens with one attached hydrogen (secondary N) is 1. The molecule has 0 aliphatic heterocycles. The summed E-state index contributed by atoms with van der Waals surface area (Å²) in [6.07, 6.45) is 0. The lowest BCUT2D eigenvalue weighted by molar-refractivity contribution is 0.494. The maximum absolute atomic E-state index is 3.68. The molecule has 0 amide bonds. The van der Waals surface area contributed by atoms with Gasteiger partial charge in [0.25, 0.3) is 0 Å². The Morgan fingerprint density at radius 1 is 0.619 bits per heavy atom. The van der Waals surface area contributed by atoms with Gasteiger partial charge in [0.1, 0.15) is 0 Å². The highest BCUT2D eigenvalue weighted by molar-refractivity contribution is 5.28. The van der Waals surface area contributed by atoms with E-state index in [1.165, 1.54) is 22.3 Å². The molecule has 0 spiro atoms. The van der Waals surface area contributed by atoms with Crippen LogP contribution in [0.15, 0.2) is 48.5 Å². The third kappa shape index (κ3) is 4.18. The van der Waals surface area contributed by atoms with Crippen LogP contribution in [0, 0.1) is 6.92 Å². The molecule has 0 saturated heterocycles. The molecule has 2 unspecified atom stereocenters. The molecule has 0 heterocycles. The van der Waals surface area contributed by atoms with Gasteiger partial charge >= 0.3 is 0 Å². The van der Waals surface area contributed by atoms with Crippen LogP contribution in [0.3, 0.4) is 0 Å². The van der Waals surface area contributed by atoms with Crippen molar-refractivity contribution in [2.24, 2.45) is 0 Å². The Bertz CT molecular complexity index is 551. The minimum Gasteiger partial charge on any atom is -0.304 e. The van der Waals surface area contributed by atoms with E-state index < -0.39 is 0 Å². The maximum Gasteiger partial charge on any atom is 0.0297 e. The molecule has 21 heavy (non-hydrogen) atoms. The highest BCUT2D eigenvalue weighted by atomic mass is 14.9. The molecular formula is C20H27N. The Balaban J connectivity index is 2.03. The van der Waals surface area contributed by atoms with Crippen LogP contribution in [0.25, 0.3) is 0 Å². The molecule has 0 fully saturated rings. The van der Waals surface area contributed by atoms with Crippen molar-refractivity contribution in [3.05, 3.63) is 70.8 Å². The lowest BCUT2D eigenvalue weighted by Crippen LogP contribution is -2.22. The van der Waals surface area contributed by atoms with Crippen LogP contribution in [0.4, 0.5) is 0 Å². The third-order valence-corrected chi connectivity index (χ3v) is 4.18. The molecule has 2 aromatic rings. The summed E-state index contributed by atoms with van der Waals surface area (Å²) in [7, 11) is 0. The van der Waals surface area contributed by atoms with E-state index in [0.29, 0.717) is 18.0 Å². The molecule has 0 bridgehead atoms. The summed E-state index contributed by atoms with van der Waals surface area (Å²) in [5, 5.41) is 3.68. The zero-order valence-corrected chi connectivity index (χ0v) is 13.9. The van der Waals surface area contributed by atoms with E-state index in [9.17, 15) is 0 Å². The van der Waals surface area contributed by atoms with Crippen LogP contribution in [0.5, 0.6) is 0 Å². The summed E-state index contributed by atoms with van der Waals surface area (Å²) < 4.78 is 0. The largest absolute Gasteiger partial charge is 0.304 e. The van der Waals surface area contributed by atoms with Crippen LogP contribution in [-0.2, 0) is 0 Å². The summed E-state index contributed by atoms with van der Waals surface area (Å²) in [5.41, 5.74) is 5.39. The molecule has 0 aliphatic carbocycles. The molecular weight excluding hydrogens is 254 g/mol. The number of hydrogen-bond acceptors (Lipinski definition) is 1. The second-order valence-electron chi connectivity index (χ2n) is 6.34. The molecule has 1 N–H and O–H groups in total. The quantitative estimate of drug-likeness (QED) is 0.759.